The van der Waals surface area contributed by atoms with Crippen LogP contribution in [-0.4, -0.2) is 29.3 Å². The molecule has 2 heterocycles. The maximum Gasteiger partial charge on any atom is 0.325 e. The van der Waals surface area contributed by atoms with E-state index < -0.39 is 11.6 Å². The summed E-state index contributed by atoms with van der Waals surface area (Å²) in [6.45, 7) is 1.83. The molecule has 1 aromatic heterocycles. The molecule has 5 rings (SSSR count). The van der Waals surface area contributed by atoms with Crippen LogP contribution in [0, 0.1) is 6.92 Å². The second-order valence-corrected chi connectivity index (χ2v) is 8.63. The SMILES string of the molecule is Cc1ccc(N(Cc2ccco2)C(=O)CN2C(=O)NC3(CCCc4ccccc43)C2=O)cc1. The summed E-state index contributed by atoms with van der Waals surface area (Å²) in [7, 11) is 0. The zero-order chi connectivity index (χ0) is 23.0. The van der Waals surface area contributed by atoms with E-state index in [0.717, 1.165) is 34.4 Å². The molecular weight excluding hydrogens is 418 g/mol. The van der Waals surface area contributed by atoms with Crippen molar-refractivity contribution in [2.45, 2.75) is 38.3 Å². The fourth-order valence-corrected chi connectivity index (χ4v) is 4.78. The van der Waals surface area contributed by atoms with Gasteiger partial charge in [0.15, 0.2) is 0 Å². The van der Waals surface area contributed by atoms with Crippen LogP contribution in [0.25, 0.3) is 0 Å². The third kappa shape index (κ3) is 3.69. The normalized spacial score (nSPS) is 19.5. The van der Waals surface area contributed by atoms with Crippen LogP contribution in [0.4, 0.5) is 10.5 Å². The Morgan fingerprint density at radius 3 is 2.64 bits per heavy atom. The minimum absolute atomic E-state index is 0.201. The smallest absolute Gasteiger partial charge is 0.325 e. The highest BCUT2D eigenvalue weighted by Crippen LogP contribution is 2.40. The molecule has 168 valence electrons. The monoisotopic (exact) mass is 443 g/mol. The maximum absolute atomic E-state index is 13.6. The Morgan fingerprint density at radius 1 is 1.09 bits per heavy atom. The van der Waals surface area contributed by atoms with Gasteiger partial charge in [-0.05, 0) is 61.6 Å². The van der Waals surface area contributed by atoms with E-state index in [-0.39, 0.29) is 24.9 Å². The molecule has 1 unspecified atom stereocenters. The van der Waals surface area contributed by atoms with Gasteiger partial charge in [-0.25, -0.2) is 4.79 Å². The Hall–Kier alpha value is -3.87. The zero-order valence-corrected chi connectivity index (χ0v) is 18.4. The van der Waals surface area contributed by atoms with Crippen LogP contribution >= 0.6 is 0 Å². The first-order valence-electron chi connectivity index (χ1n) is 11.1. The van der Waals surface area contributed by atoms with Crippen LogP contribution in [0.2, 0.25) is 0 Å². The van der Waals surface area contributed by atoms with Crippen molar-refractivity contribution in [2.75, 3.05) is 11.4 Å². The van der Waals surface area contributed by atoms with Gasteiger partial charge >= 0.3 is 6.03 Å². The number of nitrogens with zero attached hydrogens (tertiary/aromatic N) is 2. The number of furan rings is 1. The third-order valence-electron chi connectivity index (χ3n) is 6.48. The predicted molar refractivity (Wildman–Crippen MR) is 122 cm³/mol. The molecule has 33 heavy (non-hydrogen) atoms. The second kappa shape index (κ2) is 8.24. The highest BCUT2D eigenvalue weighted by Gasteiger charge is 2.54. The lowest BCUT2D eigenvalue weighted by molar-refractivity contribution is -0.135. The van der Waals surface area contributed by atoms with Gasteiger partial charge < -0.3 is 14.6 Å². The molecule has 2 aliphatic rings. The summed E-state index contributed by atoms with van der Waals surface area (Å²) < 4.78 is 5.45. The molecule has 1 fully saturated rings. The van der Waals surface area contributed by atoms with Gasteiger partial charge in [0, 0.05) is 5.69 Å². The standard InChI is InChI=1S/C26H25N3O4/c1-18-10-12-20(13-11-18)28(16-21-8-5-15-33-21)23(30)17-29-24(31)26(27-25(29)32)14-4-7-19-6-2-3-9-22(19)26/h2-3,5-6,8-13,15H,4,7,14,16-17H2,1H3,(H,27,32). The van der Waals surface area contributed by atoms with Gasteiger partial charge in [-0.3, -0.25) is 14.5 Å². The number of imide groups is 1. The molecule has 4 amide bonds. The van der Waals surface area contributed by atoms with Crippen molar-refractivity contribution in [1.82, 2.24) is 10.2 Å². The van der Waals surface area contributed by atoms with Crippen molar-refractivity contribution in [2.24, 2.45) is 0 Å². The molecule has 1 aliphatic heterocycles. The molecule has 0 radical (unpaired) electrons. The van der Waals surface area contributed by atoms with Gasteiger partial charge in [0.1, 0.15) is 17.8 Å². The van der Waals surface area contributed by atoms with Crippen LogP contribution in [0.1, 0.15) is 35.3 Å². The van der Waals surface area contributed by atoms with Gasteiger partial charge in [0.2, 0.25) is 5.91 Å². The molecule has 2 aromatic carbocycles. The van der Waals surface area contributed by atoms with Crippen molar-refractivity contribution in [3.63, 3.8) is 0 Å². The van der Waals surface area contributed by atoms with Crippen molar-refractivity contribution in [1.29, 1.82) is 0 Å². The number of carbonyl (C=O) groups excluding carboxylic acids is 3. The van der Waals surface area contributed by atoms with Crippen molar-refractivity contribution in [3.05, 3.63) is 89.4 Å². The topological polar surface area (TPSA) is 82.9 Å². The van der Waals surface area contributed by atoms with Gasteiger partial charge in [0.25, 0.3) is 5.91 Å². The van der Waals surface area contributed by atoms with Crippen LogP contribution in [0.3, 0.4) is 0 Å². The first kappa shape index (κ1) is 21.0. The lowest BCUT2D eigenvalue weighted by Crippen LogP contribution is -2.47. The van der Waals surface area contributed by atoms with Crippen LogP contribution < -0.4 is 10.2 Å². The Morgan fingerprint density at radius 2 is 1.88 bits per heavy atom. The van der Waals surface area contributed by atoms with E-state index in [9.17, 15) is 14.4 Å². The molecule has 1 N–H and O–H groups in total. The summed E-state index contributed by atoms with van der Waals surface area (Å²) in [4.78, 5) is 42.5. The minimum atomic E-state index is -1.10. The van der Waals surface area contributed by atoms with E-state index in [4.69, 9.17) is 4.42 Å². The van der Waals surface area contributed by atoms with Crippen molar-refractivity contribution >= 4 is 23.5 Å². The number of carbonyl (C=O) groups is 3. The zero-order valence-electron chi connectivity index (χ0n) is 18.4. The number of hydrogen-bond donors (Lipinski definition) is 1. The number of hydrogen-bond acceptors (Lipinski definition) is 4. The number of aryl methyl sites for hydroxylation is 2. The Kier molecular flexibility index (Phi) is 5.24. The Balaban J connectivity index is 1.42. The van der Waals surface area contributed by atoms with Crippen molar-refractivity contribution in [3.8, 4) is 0 Å². The lowest BCUT2D eigenvalue weighted by Gasteiger charge is -2.33. The molecular formula is C26H25N3O4. The highest BCUT2D eigenvalue weighted by atomic mass is 16.3. The molecule has 3 aromatic rings. The number of urea groups is 1. The quantitative estimate of drug-likeness (QED) is 0.606. The van der Waals surface area contributed by atoms with Gasteiger partial charge in [-0.2, -0.15) is 0 Å². The largest absolute Gasteiger partial charge is 0.467 e. The fraction of sp³-hybridized carbons (Fsp3) is 0.269. The Labute approximate surface area is 192 Å². The van der Waals surface area contributed by atoms with Crippen LogP contribution in [0.15, 0.2) is 71.3 Å². The predicted octanol–water partition coefficient (Wildman–Crippen LogP) is 3.90. The molecule has 7 heteroatoms. The lowest BCUT2D eigenvalue weighted by atomic mass is 9.76. The summed E-state index contributed by atoms with van der Waals surface area (Å²) in [6.07, 6.45) is 3.73. The Bertz CT molecular complexity index is 1200. The molecule has 1 aliphatic carbocycles. The first-order valence-corrected chi connectivity index (χ1v) is 11.1. The van der Waals surface area contributed by atoms with E-state index in [2.05, 4.69) is 5.32 Å². The average molecular weight is 444 g/mol. The maximum atomic E-state index is 13.6. The van der Waals surface area contributed by atoms with Crippen LogP contribution in [-0.2, 0) is 28.1 Å². The van der Waals surface area contributed by atoms with E-state index in [0.29, 0.717) is 17.9 Å². The number of anilines is 1. The second-order valence-electron chi connectivity index (χ2n) is 8.63. The highest BCUT2D eigenvalue weighted by molar-refractivity contribution is 6.11. The molecule has 1 atom stereocenters. The minimum Gasteiger partial charge on any atom is -0.467 e. The number of nitrogens with one attached hydrogen (secondary N) is 1. The van der Waals surface area contributed by atoms with E-state index >= 15 is 0 Å². The molecule has 1 spiro atoms. The summed E-state index contributed by atoms with van der Waals surface area (Å²) in [6, 6.07) is 18.2. The number of rotatable bonds is 5. The third-order valence-corrected chi connectivity index (χ3v) is 6.48. The summed E-state index contributed by atoms with van der Waals surface area (Å²) in [5, 5.41) is 2.91. The van der Waals surface area contributed by atoms with Crippen LogP contribution in [0.5, 0.6) is 0 Å². The molecule has 0 bridgehead atoms. The van der Waals surface area contributed by atoms with E-state index in [1.54, 1.807) is 23.3 Å². The summed E-state index contributed by atoms with van der Waals surface area (Å²) >= 11 is 0. The molecule has 0 saturated carbocycles. The van der Waals surface area contributed by atoms with Gasteiger partial charge in [-0.15, -0.1) is 0 Å². The fourth-order valence-electron chi connectivity index (χ4n) is 4.78. The van der Waals surface area contributed by atoms with E-state index in [1.807, 2.05) is 55.5 Å². The molecule has 7 nitrogen and oxygen atoms in total. The molecule has 1 saturated heterocycles. The number of fused-ring (bicyclic) bond motifs is 2. The first-order chi connectivity index (χ1) is 16.0. The summed E-state index contributed by atoms with van der Waals surface area (Å²) in [5.74, 6) is -0.117. The average Bonchev–Trinajstić information content (AvgIpc) is 3.41. The number of benzene rings is 2. The van der Waals surface area contributed by atoms with Crippen molar-refractivity contribution < 1.29 is 18.8 Å². The van der Waals surface area contributed by atoms with E-state index in [1.165, 1.54) is 0 Å². The van der Waals surface area contributed by atoms with Gasteiger partial charge in [-0.1, -0.05) is 42.0 Å². The summed E-state index contributed by atoms with van der Waals surface area (Å²) in [5.41, 5.74) is 2.53. The van der Waals surface area contributed by atoms with Gasteiger partial charge in [0.05, 0.1) is 12.8 Å². The number of amides is 4.